The molecule has 4 rings (SSSR count). The molecule has 0 unspecified atom stereocenters. The fraction of sp³-hybridized carbons (Fsp3) is 0.391. The van der Waals surface area contributed by atoms with Crippen molar-refractivity contribution < 1.29 is 14.3 Å². The number of benzene rings is 2. The van der Waals surface area contributed by atoms with Crippen molar-refractivity contribution in [2.45, 2.75) is 50.1 Å². The van der Waals surface area contributed by atoms with Crippen molar-refractivity contribution in [3.63, 3.8) is 0 Å². The lowest BCUT2D eigenvalue weighted by molar-refractivity contribution is -0.147. The first-order valence-electron chi connectivity index (χ1n) is 10.4. The molecule has 1 N–H and O–H groups in total. The van der Waals surface area contributed by atoms with E-state index in [0.717, 1.165) is 31.4 Å². The van der Waals surface area contributed by atoms with Gasteiger partial charge in [-0.3, -0.25) is 9.59 Å². The smallest absolute Gasteiger partial charge is 0.261 e. The minimum absolute atomic E-state index is 0.0556. The number of nitrogens with zero attached hydrogens (tertiary/aromatic N) is 1. The van der Waals surface area contributed by atoms with E-state index in [4.69, 9.17) is 39.5 Å². The van der Waals surface area contributed by atoms with Crippen molar-refractivity contribution in [1.82, 2.24) is 4.90 Å². The van der Waals surface area contributed by atoms with Gasteiger partial charge in [0.25, 0.3) is 5.91 Å². The highest BCUT2D eigenvalue weighted by atomic mass is 35.5. The van der Waals surface area contributed by atoms with Gasteiger partial charge in [0, 0.05) is 17.8 Å². The molecule has 2 fully saturated rings. The third-order valence-corrected chi connectivity index (χ3v) is 6.87. The fourth-order valence-electron chi connectivity index (χ4n) is 4.25. The number of halogens is 3. The molecular weight excluding hydrogens is 459 g/mol. The lowest BCUT2D eigenvalue weighted by Crippen LogP contribution is -2.59. The minimum atomic E-state index is -0.862. The Morgan fingerprint density at radius 1 is 1.00 bits per heavy atom. The third kappa shape index (κ3) is 4.79. The Kier molecular flexibility index (Phi) is 6.65. The third-order valence-electron chi connectivity index (χ3n) is 5.85. The predicted molar refractivity (Wildman–Crippen MR) is 123 cm³/mol. The number of carbonyl (C=O) groups excluding carboxylic acids is 2. The van der Waals surface area contributed by atoms with Crippen LogP contribution in [0.5, 0.6) is 5.75 Å². The van der Waals surface area contributed by atoms with E-state index >= 15 is 0 Å². The van der Waals surface area contributed by atoms with E-state index < -0.39 is 5.54 Å². The summed E-state index contributed by atoms with van der Waals surface area (Å²) in [5.41, 5.74) is -0.139. The van der Waals surface area contributed by atoms with Crippen LogP contribution in [0.3, 0.4) is 0 Å². The largest absolute Gasteiger partial charge is 0.482 e. The average Bonchev–Trinajstić information content (AvgIpc) is 3.45. The number of anilines is 1. The van der Waals surface area contributed by atoms with Gasteiger partial charge in [0.05, 0.1) is 15.1 Å². The molecule has 0 aromatic heterocycles. The molecule has 0 spiro atoms. The lowest BCUT2D eigenvalue weighted by Gasteiger charge is -2.40. The molecule has 0 aliphatic heterocycles. The van der Waals surface area contributed by atoms with E-state index in [9.17, 15) is 9.59 Å². The van der Waals surface area contributed by atoms with Gasteiger partial charge in [0.1, 0.15) is 11.3 Å². The van der Waals surface area contributed by atoms with E-state index in [0.29, 0.717) is 22.9 Å². The molecular formula is C23H23Cl3N2O3. The van der Waals surface area contributed by atoms with Crippen LogP contribution < -0.4 is 10.1 Å². The van der Waals surface area contributed by atoms with Crippen LogP contribution >= 0.6 is 34.8 Å². The van der Waals surface area contributed by atoms with Gasteiger partial charge in [-0.2, -0.15) is 0 Å². The normalized spacial score (nSPS) is 17.3. The first-order valence-corrected chi connectivity index (χ1v) is 11.5. The van der Waals surface area contributed by atoms with E-state index in [1.165, 1.54) is 12.1 Å². The van der Waals surface area contributed by atoms with Gasteiger partial charge in [-0.05, 0) is 43.9 Å². The summed E-state index contributed by atoms with van der Waals surface area (Å²) >= 11 is 18.2. The zero-order valence-electron chi connectivity index (χ0n) is 16.9. The second kappa shape index (κ2) is 9.27. The van der Waals surface area contributed by atoms with Crippen molar-refractivity contribution in [2.24, 2.45) is 0 Å². The lowest BCUT2D eigenvalue weighted by atomic mass is 9.92. The predicted octanol–water partition coefficient (Wildman–Crippen LogP) is 5.97. The van der Waals surface area contributed by atoms with Crippen molar-refractivity contribution in [3.05, 3.63) is 57.5 Å². The van der Waals surface area contributed by atoms with Crippen molar-refractivity contribution >= 4 is 52.3 Å². The quantitative estimate of drug-likeness (QED) is 0.496. The van der Waals surface area contributed by atoms with Crippen LogP contribution in [0.4, 0.5) is 5.69 Å². The minimum Gasteiger partial charge on any atom is -0.482 e. The van der Waals surface area contributed by atoms with Crippen LogP contribution in [0.1, 0.15) is 38.5 Å². The fourth-order valence-corrected chi connectivity index (χ4v) is 4.85. The number of hydrogen-bond donors (Lipinski definition) is 1. The van der Waals surface area contributed by atoms with E-state index in [1.54, 1.807) is 4.90 Å². The average molecular weight is 482 g/mol. The molecule has 31 heavy (non-hydrogen) atoms. The molecule has 2 aliphatic rings. The maximum Gasteiger partial charge on any atom is 0.261 e. The number of amides is 2. The number of hydrogen-bond acceptors (Lipinski definition) is 3. The van der Waals surface area contributed by atoms with E-state index in [1.807, 2.05) is 30.3 Å². The van der Waals surface area contributed by atoms with Gasteiger partial charge in [-0.25, -0.2) is 0 Å². The van der Waals surface area contributed by atoms with Crippen LogP contribution in [-0.2, 0) is 9.59 Å². The Morgan fingerprint density at radius 3 is 2.29 bits per heavy atom. The Labute approximate surface area is 196 Å². The van der Waals surface area contributed by atoms with Crippen LogP contribution in [-0.4, -0.2) is 34.9 Å². The van der Waals surface area contributed by atoms with Gasteiger partial charge < -0.3 is 15.0 Å². The summed E-state index contributed by atoms with van der Waals surface area (Å²) in [4.78, 5) is 28.5. The maximum absolute atomic E-state index is 13.4. The summed E-state index contributed by atoms with van der Waals surface area (Å²) in [6.07, 6.45) is 4.86. The first kappa shape index (κ1) is 22.3. The molecule has 2 aromatic carbocycles. The Balaban J connectivity index is 1.54. The second-order valence-electron chi connectivity index (χ2n) is 8.04. The summed E-state index contributed by atoms with van der Waals surface area (Å²) < 4.78 is 5.70. The number of nitrogens with one attached hydrogen (secondary N) is 1. The molecule has 8 heteroatoms. The number of para-hydroxylation sites is 1. The van der Waals surface area contributed by atoms with Crippen LogP contribution in [0.25, 0.3) is 0 Å². The monoisotopic (exact) mass is 480 g/mol. The second-order valence-corrected chi connectivity index (χ2v) is 9.26. The summed E-state index contributed by atoms with van der Waals surface area (Å²) in [6.45, 7) is -0.228. The highest BCUT2D eigenvalue weighted by Gasteiger charge is 2.53. The van der Waals surface area contributed by atoms with Crippen molar-refractivity contribution in [3.8, 4) is 5.75 Å². The van der Waals surface area contributed by atoms with Crippen LogP contribution in [0, 0.1) is 0 Å². The molecule has 164 valence electrons. The molecule has 0 radical (unpaired) electrons. The Bertz CT molecular complexity index is 974. The molecule has 0 saturated heterocycles. The molecule has 2 saturated carbocycles. The number of ether oxygens (including phenoxy) is 1. The number of carbonyl (C=O) groups is 2. The maximum atomic E-state index is 13.4. The summed E-state index contributed by atoms with van der Waals surface area (Å²) in [5, 5.41) is 3.89. The van der Waals surface area contributed by atoms with Crippen LogP contribution in [0.2, 0.25) is 15.1 Å². The summed E-state index contributed by atoms with van der Waals surface area (Å²) in [5.74, 6) is -0.0758. The van der Waals surface area contributed by atoms with Gasteiger partial charge >= 0.3 is 0 Å². The molecule has 5 nitrogen and oxygen atoms in total. The van der Waals surface area contributed by atoms with E-state index in [-0.39, 0.29) is 35.2 Å². The van der Waals surface area contributed by atoms with Gasteiger partial charge in [-0.1, -0.05) is 65.8 Å². The summed E-state index contributed by atoms with van der Waals surface area (Å²) in [6, 6.07) is 12.4. The SMILES string of the molecule is O=C(COc1cc(Cl)c(Cl)cc1Cl)N(C1CC1)C1(C(=O)Nc2ccccc2)CCCC1. The highest BCUT2D eigenvalue weighted by Crippen LogP contribution is 2.43. The zero-order valence-corrected chi connectivity index (χ0v) is 19.1. The van der Waals surface area contributed by atoms with Crippen LogP contribution in [0.15, 0.2) is 42.5 Å². The molecule has 0 atom stereocenters. The zero-order chi connectivity index (χ0) is 22.0. The van der Waals surface area contributed by atoms with Gasteiger partial charge in [-0.15, -0.1) is 0 Å². The Hall–Kier alpha value is -1.95. The molecule has 2 aromatic rings. The van der Waals surface area contributed by atoms with E-state index in [2.05, 4.69) is 5.32 Å². The molecule has 2 aliphatic carbocycles. The van der Waals surface area contributed by atoms with Gasteiger partial charge in [0.2, 0.25) is 5.91 Å². The number of rotatable bonds is 7. The molecule has 0 heterocycles. The molecule has 2 amide bonds. The van der Waals surface area contributed by atoms with Crippen molar-refractivity contribution in [2.75, 3.05) is 11.9 Å². The molecule has 0 bridgehead atoms. The summed E-state index contributed by atoms with van der Waals surface area (Å²) in [7, 11) is 0. The first-order chi connectivity index (χ1) is 14.9. The Morgan fingerprint density at radius 2 is 1.65 bits per heavy atom. The topological polar surface area (TPSA) is 58.6 Å². The van der Waals surface area contributed by atoms with Gasteiger partial charge in [0.15, 0.2) is 6.61 Å². The van der Waals surface area contributed by atoms with Crippen molar-refractivity contribution in [1.29, 1.82) is 0 Å². The standard InChI is InChI=1S/C23H23Cl3N2O3/c24-17-12-19(26)20(13-18(17)25)31-14-21(29)28(16-8-9-16)23(10-4-5-11-23)22(30)27-15-6-2-1-3-7-15/h1-3,6-7,12-13,16H,4-5,8-11,14H2,(H,27,30). The highest BCUT2D eigenvalue weighted by molar-refractivity contribution is 6.43.